The van der Waals surface area contributed by atoms with E-state index in [2.05, 4.69) is 42.6 Å². The Morgan fingerprint density at radius 1 is 1.00 bits per heavy atom. The summed E-state index contributed by atoms with van der Waals surface area (Å²) in [7, 11) is 1.58. The van der Waals surface area contributed by atoms with Crippen molar-refractivity contribution in [2.75, 3.05) is 44.7 Å². The van der Waals surface area contributed by atoms with Crippen LogP contribution >= 0.6 is 0 Å². The smallest absolute Gasteiger partial charge is 0.255 e. The minimum Gasteiger partial charge on any atom is -0.496 e. The quantitative estimate of drug-likeness (QED) is 0.219. The summed E-state index contributed by atoms with van der Waals surface area (Å²) in [6.07, 6.45) is 11.6. The summed E-state index contributed by atoms with van der Waals surface area (Å²) in [5.74, 6) is 1.14. The zero-order chi connectivity index (χ0) is 34.9. The lowest BCUT2D eigenvalue weighted by Crippen LogP contribution is -2.47. The molecule has 0 spiro atoms. The molecule has 3 aromatic heterocycles. The third kappa shape index (κ3) is 6.90. The van der Waals surface area contributed by atoms with Gasteiger partial charge in [-0.25, -0.2) is 9.67 Å². The molecule has 51 heavy (non-hydrogen) atoms. The number of nitrogens with zero attached hydrogens (tertiary/aromatic N) is 7. The molecule has 2 saturated heterocycles. The van der Waals surface area contributed by atoms with Crippen LogP contribution in [0.2, 0.25) is 0 Å². The summed E-state index contributed by atoms with van der Waals surface area (Å²) in [6.45, 7) is 5.11. The fourth-order valence-corrected chi connectivity index (χ4v) is 7.87. The zero-order valence-corrected chi connectivity index (χ0v) is 28.8. The first-order chi connectivity index (χ1) is 24.9. The van der Waals surface area contributed by atoms with Gasteiger partial charge in [0.25, 0.3) is 5.91 Å². The Bertz CT molecular complexity index is 2060. The van der Waals surface area contributed by atoms with Crippen LogP contribution in [0.25, 0.3) is 22.4 Å². The number of aromatic nitrogens is 5. The van der Waals surface area contributed by atoms with Crippen LogP contribution in [0.3, 0.4) is 0 Å². The molecule has 0 radical (unpaired) electrons. The van der Waals surface area contributed by atoms with Crippen LogP contribution in [-0.2, 0) is 9.59 Å². The molecule has 264 valence electrons. The number of imide groups is 1. The minimum atomic E-state index is -0.246. The number of carbonyl (C=O) groups is 3. The number of amides is 3. The maximum atomic E-state index is 13.5. The molecule has 1 aliphatic carbocycles. The van der Waals surface area contributed by atoms with Gasteiger partial charge in [-0.05, 0) is 86.9 Å². The van der Waals surface area contributed by atoms with E-state index in [1.54, 1.807) is 28.7 Å². The first-order valence-corrected chi connectivity index (χ1v) is 18.0. The highest BCUT2D eigenvalue weighted by Crippen LogP contribution is 2.31. The minimum absolute atomic E-state index is 0.120. The third-order valence-corrected chi connectivity index (χ3v) is 10.9. The van der Waals surface area contributed by atoms with Crippen LogP contribution in [0, 0.1) is 5.92 Å². The second-order valence-corrected chi connectivity index (χ2v) is 14.0. The Morgan fingerprint density at radius 2 is 1.80 bits per heavy atom. The first-order valence-electron chi connectivity index (χ1n) is 18.0. The monoisotopic (exact) mass is 689 g/mol. The molecule has 2 aromatic carbocycles. The fraction of sp³-hybridized carbons (Fsp3) is 0.421. The predicted molar refractivity (Wildman–Crippen MR) is 192 cm³/mol. The van der Waals surface area contributed by atoms with Crippen molar-refractivity contribution in [1.29, 1.82) is 0 Å². The molecule has 5 heterocycles. The van der Waals surface area contributed by atoms with Gasteiger partial charge in [0, 0.05) is 68.2 Å². The Balaban J connectivity index is 0.799. The SMILES string of the molecule is COc1cc2nn(-c3cnc4cccnn34)cc2cc1C(=O)NC1CCC(CCN2CCN(c3ccc(C4CCC(=O)NC4=O)cc3)CC2)CC1. The lowest BCUT2D eigenvalue weighted by Gasteiger charge is -2.37. The molecule has 13 heteroatoms. The Kier molecular flexibility index (Phi) is 9.12. The number of methoxy groups -OCH3 is 1. The maximum Gasteiger partial charge on any atom is 0.255 e. The molecule has 1 atom stereocenters. The van der Waals surface area contributed by atoms with E-state index < -0.39 is 0 Å². The third-order valence-electron chi connectivity index (χ3n) is 10.9. The molecule has 3 amide bonds. The molecule has 1 unspecified atom stereocenters. The number of rotatable bonds is 9. The van der Waals surface area contributed by atoms with Gasteiger partial charge >= 0.3 is 0 Å². The van der Waals surface area contributed by atoms with Crippen molar-refractivity contribution in [3.8, 4) is 11.6 Å². The van der Waals surface area contributed by atoms with Crippen molar-refractivity contribution in [3.63, 3.8) is 0 Å². The number of hydrogen-bond donors (Lipinski definition) is 2. The summed E-state index contributed by atoms with van der Waals surface area (Å²) < 4.78 is 9.09. The highest BCUT2D eigenvalue weighted by molar-refractivity contribution is 6.01. The number of anilines is 1. The van der Waals surface area contributed by atoms with E-state index in [0.717, 1.165) is 80.5 Å². The van der Waals surface area contributed by atoms with Crippen LogP contribution in [-0.4, -0.2) is 92.9 Å². The van der Waals surface area contributed by atoms with Gasteiger partial charge < -0.3 is 15.0 Å². The van der Waals surface area contributed by atoms with Crippen LogP contribution in [0.1, 0.15) is 66.8 Å². The average Bonchev–Trinajstić information content (AvgIpc) is 3.78. The van der Waals surface area contributed by atoms with Crippen LogP contribution in [0.15, 0.2) is 67.1 Å². The molecule has 5 aromatic rings. The lowest BCUT2D eigenvalue weighted by molar-refractivity contribution is -0.134. The molecule has 0 bridgehead atoms. The Labute approximate surface area is 295 Å². The molecular formula is C38H43N9O4. The van der Waals surface area contributed by atoms with Crippen LogP contribution in [0.4, 0.5) is 5.69 Å². The number of piperazine rings is 1. The van der Waals surface area contributed by atoms with E-state index in [1.165, 1.54) is 12.1 Å². The molecule has 3 fully saturated rings. The molecular weight excluding hydrogens is 646 g/mol. The number of hydrogen-bond acceptors (Lipinski definition) is 9. The fourth-order valence-electron chi connectivity index (χ4n) is 7.87. The summed E-state index contributed by atoms with van der Waals surface area (Å²) in [4.78, 5) is 46.7. The van der Waals surface area contributed by atoms with Gasteiger partial charge in [0.05, 0.1) is 30.3 Å². The van der Waals surface area contributed by atoms with E-state index >= 15 is 0 Å². The normalized spacial score (nSPS) is 21.6. The van der Waals surface area contributed by atoms with E-state index in [1.807, 2.05) is 42.6 Å². The second kappa shape index (κ2) is 14.1. The van der Waals surface area contributed by atoms with Crippen molar-refractivity contribution in [2.24, 2.45) is 5.92 Å². The highest BCUT2D eigenvalue weighted by Gasteiger charge is 2.29. The summed E-state index contributed by atoms with van der Waals surface area (Å²) >= 11 is 0. The molecule has 8 rings (SSSR count). The Morgan fingerprint density at radius 3 is 2.57 bits per heavy atom. The predicted octanol–water partition coefficient (Wildman–Crippen LogP) is 4.10. The molecule has 2 N–H and O–H groups in total. The average molecular weight is 690 g/mol. The maximum absolute atomic E-state index is 13.5. The largest absolute Gasteiger partial charge is 0.496 e. The van der Waals surface area contributed by atoms with Crippen molar-refractivity contribution < 1.29 is 19.1 Å². The number of carbonyl (C=O) groups excluding carboxylic acids is 3. The topological polar surface area (TPSA) is 139 Å². The van der Waals surface area contributed by atoms with Crippen molar-refractivity contribution in [3.05, 3.63) is 78.2 Å². The van der Waals surface area contributed by atoms with Crippen molar-refractivity contribution in [1.82, 2.24) is 39.9 Å². The summed E-state index contributed by atoms with van der Waals surface area (Å²) in [5.41, 5.74) is 4.11. The number of nitrogens with one attached hydrogen (secondary N) is 2. The van der Waals surface area contributed by atoms with Crippen LogP contribution in [0.5, 0.6) is 5.75 Å². The first kappa shape index (κ1) is 32.9. The number of imidazole rings is 1. The standard InChI is InChI=1S/C38H43N9O4/c1-51-33-22-32-27(24-46(43-32)36-23-39-34-3-2-15-40-47(34)36)21-31(33)38(50)41-28-8-4-25(5-9-28)14-16-44-17-19-45(20-18-44)29-10-6-26(7-11-29)30-12-13-35(48)42-37(30)49/h2-3,6-7,10-11,15,21-25,28,30H,4-5,8-9,12-14,16-20H2,1H3,(H,41,50)(H,42,48,49). The van der Waals surface area contributed by atoms with Gasteiger partial charge in [0.1, 0.15) is 5.75 Å². The summed E-state index contributed by atoms with van der Waals surface area (Å²) in [6, 6.07) is 15.8. The van der Waals surface area contributed by atoms with Gasteiger partial charge in [0.15, 0.2) is 11.5 Å². The number of benzene rings is 2. The Hall–Kier alpha value is -5.30. The van der Waals surface area contributed by atoms with E-state index in [0.29, 0.717) is 35.9 Å². The van der Waals surface area contributed by atoms with Gasteiger partial charge in [-0.15, -0.1) is 0 Å². The van der Waals surface area contributed by atoms with Crippen molar-refractivity contribution in [2.45, 2.75) is 56.9 Å². The number of piperidine rings is 1. The molecule has 1 saturated carbocycles. The highest BCUT2D eigenvalue weighted by atomic mass is 16.5. The molecule has 2 aliphatic heterocycles. The van der Waals surface area contributed by atoms with E-state index in [-0.39, 0.29) is 29.7 Å². The van der Waals surface area contributed by atoms with Gasteiger partial charge in [-0.2, -0.15) is 14.7 Å². The van der Waals surface area contributed by atoms with Gasteiger partial charge in [0.2, 0.25) is 11.8 Å². The molecule has 13 nitrogen and oxygen atoms in total. The second-order valence-electron chi connectivity index (χ2n) is 14.0. The number of fused-ring (bicyclic) bond motifs is 2. The van der Waals surface area contributed by atoms with Gasteiger partial charge in [-0.3, -0.25) is 24.6 Å². The number of ether oxygens (including phenoxy) is 1. The van der Waals surface area contributed by atoms with E-state index in [9.17, 15) is 14.4 Å². The summed E-state index contributed by atoms with van der Waals surface area (Å²) in [5, 5.41) is 15.7. The van der Waals surface area contributed by atoms with E-state index in [4.69, 9.17) is 9.84 Å². The lowest BCUT2D eigenvalue weighted by atomic mass is 9.84. The zero-order valence-electron chi connectivity index (χ0n) is 28.8. The van der Waals surface area contributed by atoms with Crippen LogP contribution < -0.4 is 20.3 Å². The molecule has 3 aliphatic rings. The van der Waals surface area contributed by atoms with Gasteiger partial charge in [-0.1, -0.05) is 12.1 Å². The van der Waals surface area contributed by atoms with Crippen molar-refractivity contribution >= 4 is 40.0 Å².